The first-order valence-electron chi connectivity index (χ1n) is 5.55. The summed E-state index contributed by atoms with van der Waals surface area (Å²) in [6, 6.07) is 5.10. The molecule has 0 aliphatic heterocycles. The van der Waals surface area contributed by atoms with Crippen molar-refractivity contribution in [3.8, 4) is 5.75 Å². The zero-order chi connectivity index (χ0) is 14.9. The van der Waals surface area contributed by atoms with Crippen LogP contribution in [-0.2, 0) is 0 Å². The predicted molar refractivity (Wildman–Crippen MR) is 64.2 cm³/mol. The van der Waals surface area contributed by atoms with Crippen LogP contribution >= 0.6 is 0 Å². The number of H-pyrrole nitrogens is 1. The first kappa shape index (κ1) is 14.2. The Labute approximate surface area is 111 Å². The van der Waals surface area contributed by atoms with Crippen LogP contribution in [-0.4, -0.2) is 41.0 Å². The van der Waals surface area contributed by atoms with E-state index in [4.69, 9.17) is 5.11 Å². The molecule has 0 atom stereocenters. The number of benzene rings is 1. The second kappa shape index (κ2) is 5.04. The largest absolute Gasteiger partial charge is 0.573 e. The number of hydrogen-bond acceptors (Lipinski definition) is 3. The Kier molecular flexibility index (Phi) is 3.58. The van der Waals surface area contributed by atoms with Crippen LogP contribution in [0.3, 0.4) is 0 Å². The minimum Gasteiger partial charge on any atom is -0.406 e. The van der Waals surface area contributed by atoms with Crippen LogP contribution in [0.1, 0.15) is 10.5 Å². The number of halogens is 3. The summed E-state index contributed by atoms with van der Waals surface area (Å²) in [5.41, 5.74) is 0.662. The molecule has 0 spiro atoms. The van der Waals surface area contributed by atoms with Gasteiger partial charge in [0.05, 0.1) is 0 Å². The molecule has 1 amide bonds. The van der Waals surface area contributed by atoms with Crippen molar-refractivity contribution in [2.75, 3.05) is 13.8 Å². The first-order valence-corrected chi connectivity index (χ1v) is 5.55. The third kappa shape index (κ3) is 3.02. The Hall–Kier alpha value is -2.22. The van der Waals surface area contributed by atoms with Gasteiger partial charge >= 0.3 is 6.36 Å². The molecule has 5 nitrogen and oxygen atoms in total. The van der Waals surface area contributed by atoms with Gasteiger partial charge in [0.2, 0.25) is 0 Å². The van der Waals surface area contributed by atoms with E-state index in [0.29, 0.717) is 10.9 Å². The highest BCUT2D eigenvalue weighted by molar-refractivity contribution is 5.98. The molecule has 108 valence electrons. The van der Waals surface area contributed by atoms with Gasteiger partial charge in [-0.1, -0.05) is 0 Å². The Morgan fingerprint density at radius 3 is 2.70 bits per heavy atom. The summed E-state index contributed by atoms with van der Waals surface area (Å²) in [6.07, 6.45) is -4.76. The maximum atomic E-state index is 12.1. The van der Waals surface area contributed by atoms with E-state index in [1.54, 1.807) is 0 Å². The Balaban J connectivity index is 2.33. The van der Waals surface area contributed by atoms with Gasteiger partial charge < -0.3 is 19.7 Å². The lowest BCUT2D eigenvalue weighted by atomic mass is 10.2. The quantitative estimate of drug-likeness (QED) is 0.850. The molecule has 0 radical (unpaired) electrons. The van der Waals surface area contributed by atoms with Crippen LogP contribution in [0.15, 0.2) is 24.3 Å². The normalized spacial score (nSPS) is 11.7. The second-order valence-corrected chi connectivity index (χ2v) is 4.12. The number of fused-ring (bicyclic) bond motifs is 1. The summed E-state index contributed by atoms with van der Waals surface area (Å²) in [6.45, 7) is -0.462. The van der Waals surface area contributed by atoms with Crippen LogP contribution in [0, 0.1) is 0 Å². The van der Waals surface area contributed by atoms with Crippen LogP contribution in [0.25, 0.3) is 10.9 Å². The molecule has 0 fully saturated rings. The highest BCUT2D eigenvalue weighted by Gasteiger charge is 2.31. The fourth-order valence-electron chi connectivity index (χ4n) is 1.69. The third-order valence-electron chi connectivity index (χ3n) is 2.62. The van der Waals surface area contributed by atoms with E-state index in [9.17, 15) is 18.0 Å². The lowest BCUT2D eigenvalue weighted by molar-refractivity contribution is -0.274. The van der Waals surface area contributed by atoms with Gasteiger partial charge in [0, 0.05) is 18.0 Å². The van der Waals surface area contributed by atoms with Gasteiger partial charge in [-0.25, -0.2) is 0 Å². The van der Waals surface area contributed by atoms with Crippen molar-refractivity contribution in [1.82, 2.24) is 9.88 Å². The van der Waals surface area contributed by atoms with E-state index >= 15 is 0 Å². The molecule has 0 bridgehead atoms. The molecule has 2 aromatic rings. The van der Waals surface area contributed by atoms with Gasteiger partial charge in [-0.2, -0.15) is 0 Å². The van der Waals surface area contributed by atoms with Gasteiger partial charge in [0.15, 0.2) is 0 Å². The van der Waals surface area contributed by atoms with Crippen LogP contribution in [0.5, 0.6) is 5.75 Å². The van der Waals surface area contributed by atoms with Gasteiger partial charge in [-0.05, 0) is 24.3 Å². The number of aromatic nitrogens is 1. The third-order valence-corrected chi connectivity index (χ3v) is 2.62. The number of nitrogens with one attached hydrogen (secondary N) is 1. The second-order valence-electron chi connectivity index (χ2n) is 4.12. The minimum atomic E-state index is -4.76. The Morgan fingerprint density at radius 2 is 2.10 bits per heavy atom. The number of alkyl halides is 3. The number of hydrogen-bond donors (Lipinski definition) is 2. The summed E-state index contributed by atoms with van der Waals surface area (Å²) in [7, 11) is 1.39. The summed E-state index contributed by atoms with van der Waals surface area (Å²) < 4.78 is 40.1. The van der Waals surface area contributed by atoms with Crippen molar-refractivity contribution in [3.63, 3.8) is 0 Å². The van der Waals surface area contributed by atoms with Crippen LogP contribution in [0.2, 0.25) is 0 Å². The summed E-state index contributed by atoms with van der Waals surface area (Å²) in [5.74, 6) is -0.833. The van der Waals surface area contributed by atoms with E-state index < -0.39 is 19.0 Å². The van der Waals surface area contributed by atoms with E-state index in [-0.39, 0.29) is 11.4 Å². The topological polar surface area (TPSA) is 65.6 Å². The predicted octanol–water partition coefficient (Wildman–Crippen LogP) is 2.09. The van der Waals surface area contributed by atoms with Gasteiger partial charge in [0.25, 0.3) is 5.91 Å². The maximum absolute atomic E-state index is 12.1. The Morgan fingerprint density at radius 1 is 1.40 bits per heavy atom. The van der Waals surface area contributed by atoms with E-state index in [2.05, 4.69) is 9.72 Å². The fourth-order valence-corrected chi connectivity index (χ4v) is 1.69. The smallest absolute Gasteiger partial charge is 0.406 e. The number of aliphatic hydroxyl groups is 1. The molecular formula is C12H11F3N2O3. The molecular weight excluding hydrogens is 277 g/mol. The van der Waals surface area contributed by atoms with Crippen molar-refractivity contribution in [2.24, 2.45) is 0 Å². The van der Waals surface area contributed by atoms with Crippen molar-refractivity contribution in [3.05, 3.63) is 30.0 Å². The maximum Gasteiger partial charge on any atom is 0.573 e. The van der Waals surface area contributed by atoms with Crippen LogP contribution < -0.4 is 4.74 Å². The number of carbonyl (C=O) groups excluding carboxylic acids is 1. The number of carbonyl (C=O) groups is 1. The highest BCUT2D eigenvalue weighted by atomic mass is 19.4. The molecule has 8 heteroatoms. The number of aromatic amines is 1. The van der Waals surface area contributed by atoms with Gasteiger partial charge in [-0.3, -0.25) is 4.79 Å². The summed E-state index contributed by atoms with van der Waals surface area (Å²) >= 11 is 0. The van der Waals surface area contributed by atoms with E-state index in [1.807, 2.05) is 0 Å². The molecule has 2 N–H and O–H groups in total. The number of ether oxygens (including phenoxy) is 1. The number of aliphatic hydroxyl groups excluding tert-OH is 1. The zero-order valence-electron chi connectivity index (χ0n) is 10.4. The summed E-state index contributed by atoms with van der Waals surface area (Å²) in [5, 5.41) is 9.26. The average Bonchev–Trinajstić information content (AvgIpc) is 2.77. The molecule has 0 aliphatic rings. The molecule has 0 unspecified atom stereocenters. The molecule has 2 rings (SSSR count). The number of rotatable bonds is 3. The fraction of sp³-hybridized carbons (Fsp3) is 0.250. The van der Waals surface area contributed by atoms with Crippen molar-refractivity contribution < 1.29 is 27.8 Å². The van der Waals surface area contributed by atoms with Crippen LogP contribution in [0.4, 0.5) is 13.2 Å². The van der Waals surface area contributed by atoms with Gasteiger partial charge in [-0.15, -0.1) is 13.2 Å². The van der Waals surface area contributed by atoms with Crippen molar-refractivity contribution >= 4 is 16.8 Å². The standard InChI is InChI=1S/C12H11F3N2O3/c1-17(6-18)11(19)10-5-7-4-8(20-12(13,14)15)2-3-9(7)16-10/h2-5,16,18H,6H2,1H3. The zero-order valence-corrected chi connectivity index (χ0v) is 10.4. The molecule has 20 heavy (non-hydrogen) atoms. The molecule has 0 saturated heterocycles. The summed E-state index contributed by atoms with van der Waals surface area (Å²) in [4.78, 5) is 15.6. The number of nitrogens with zero attached hydrogens (tertiary/aromatic N) is 1. The molecule has 0 aliphatic carbocycles. The van der Waals surface area contributed by atoms with Crippen molar-refractivity contribution in [1.29, 1.82) is 0 Å². The SMILES string of the molecule is CN(CO)C(=O)c1cc2cc(OC(F)(F)F)ccc2[nH]1. The minimum absolute atomic E-state index is 0.167. The average molecular weight is 288 g/mol. The highest BCUT2D eigenvalue weighted by Crippen LogP contribution is 2.27. The first-order chi connectivity index (χ1) is 9.30. The number of amides is 1. The monoisotopic (exact) mass is 288 g/mol. The lowest BCUT2D eigenvalue weighted by Crippen LogP contribution is -2.27. The molecule has 0 saturated carbocycles. The molecule has 1 aromatic carbocycles. The molecule has 1 aromatic heterocycles. The van der Waals surface area contributed by atoms with E-state index in [0.717, 1.165) is 11.0 Å². The van der Waals surface area contributed by atoms with Crippen molar-refractivity contribution in [2.45, 2.75) is 6.36 Å². The van der Waals surface area contributed by atoms with Gasteiger partial charge in [0.1, 0.15) is 18.2 Å². The Bertz CT molecular complexity index is 636. The van der Waals surface area contributed by atoms with E-state index in [1.165, 1.54) is 25.2 Å². The molecule has 1 heterocycles. The lowest BCUT2D eigenvalue weighted by Gasteiger charge is -2.11.